The summed E-state index contributed by atoms with van der Waals surface area (Å²) in [6.45, 7) is 9.52. The van der Waals surface area contributed by atoms with Crippen molar-refractivity contribution in [2.24, 2.45) is 0 Å². The van der Waals surface area contributed by atoms with Crippen LogP contribution in [0, 0.1) is 0 Å². The number of benzene rings is 2. The minimum Gasteiger partial charge on any atom is -0.353 e. The zero-order valence-electron chi connectivity index (χ0n) is 23.2. The Morgan fingerprint density at radius 1 is 0.921 bits per heavy atom. The van der Waals surface area contributed by atoms with Crippen molar-refractivity contribution in [3.05, 3.63) is 65.7 Å². The lowest BCUT2D eigenvalue weighted by molar-refractivity contribution is -0.123. The molecule has 2 unspecified atom stereocenters. The summed E-state index contributed by atoms with van der Waals surface area (Å²) in [5, 5.41) is 3.28. The first-order valence-electron chi connectivity index (χ1n) is 14.0. The number of piperazine rings is 1. The van der Waals surface area contributed by atoms with Crippen LogP contribution in [0.5, 0.6) is 0 Å². The Morgan fingerprint density at radius 2 is 1.55 bits per heavy atom. The number of sulfone groups is 1. The van der Waals surface area contributed by atoms with Gasteiger partial charge >= 0.3 is 0 Å². The predicted molar refractivity (Wildman–Crippen MR) is 153 cm³/mol. The first kappa shape index (κ1) is 28.7. The quantitative estimate of drug-likeness (QED) is 0.497. The van der Waals surface area contributed by atoms with Gasteiger partial charge in [-0.3, -0.25) is 9.69 Å². The number of carbonyl (C=O) groups is 1. The molecule has 2 heterocycles. The minimum atomic E-state index is -3.24. The number of rotatable bonds is 10. The van der Waals surface area contributed by atoms with Crippen LogP contribution in [-0.4, -0.2) is 94.2 Å². The normalized spacial score (nSPS) is 20.2. The first-order chi connectivity index (χ1) is 18.2. The molecule has 4 rings (SSSR count). The average molecular weight is 541 g/mol. The molecule has 0 spiro atoms. The van der Waals surface area contributed by atoms with Crippen LogP contribution in [0.2, 0.25) is 0 Å². The molecule has 2 saturated heterocycles. The molecule has 2 aliphatic rings. The summed E-state index contributed by atoms with van der Waals surface area (Å²) in [6.07, 6.45) is 4.91. The molecule has 0 radical (unpaired) electrons. The van der Waals surface area contributed by atoms with Crippen LogP contribution in [0.15, 0.2) is 59.5 Å². The highest BCUT2D eigenvalue weighted by molar-refractivity contribution is 7.90. The molecule has 8 heteroatoms. The Morgan fingerprint density at radius 3 is 2.13 bits per heavy atom. The van der Waals surface area contributed by atoms with Gasteiger partial charge in [-0.2, -0.15) is 0 Å². The van der Waals surface area contributed by atoms with Crippen LogP contribution in [0.1, 0.15) is 55.7 Å². The highest BCUT2D eigenvalue weighted by Gasteiger charge is 2.27. The molecule has 0 aliphatic carbocycles. The zero-order chi connectivity index (χ0) is 27.1. The van der Waals surface area contributed by atoms with E-state index in [0.29, 0.717) is 12.5 Å². The molecular weight excluding hydrogens is 496 g/mol. The van der Waals surface area contributed by atoms with Crippen molar-refractivity contribution in [3.63, 3.8) is 0 Å². The number of nitrogens with zero attached hydrogens (tertiary/aromatic N) is 3. The fourth-order valence-corrected chi connectivity index (χ4v) is 6.43. The van der Waals surface area contributed by atoms with Crippen LogP contribution < -0.4 is 5.32 Å². The van der Waals surface area contributed by atoms with Crippen molar-refractivity contribution < 1.29 is 13.2 Å². The predicted octanol–water partition coefficient (Wildman–Crippen LogP) is 3.54. The van der Waals surface area contributed by atoms with E-state index in [1.54, 1.807) is 24.3 Å². The van der Waals surface area contributed by atoms with Crippen molar-refractivity contribution in [1.82, 2.24) is 20.0 Å². The zero-order valence-corrected chi connectivity index (χ0v) is 24.0. The second-order valence-corrected chi connectivity index (χ2v) is 13.0. The summed E-state index contributed by atoms with van der Waals surface area (Å²) in [4.78, 5) is 21.0. The summed E-state index contributed by atoms with van der Waals surface area (Å²) < 4.78 is 23.5. The largest absolute Gasteiger partial charge is 0.353 e. The van der Waals surface area contributed by atoms with Crippen LogP contribution in [0.25, 0.3) is 0 Å². The third kappa shape index (κ3) is 7.65. The van der Waals surface area contributed by atoms with Crippen LogP contribution in [0.4, 0.5) is 0 Å². The highest BCUT2D eigenvalue weighted by Crippen LogP contribution is 2.27. The van der Waals surface area contributed by atoms with E-state index in [0.717, 1.165) is 70.6 Å². The van der Waals surface area contributed by atoms with Crippen molar-refractivity contribution in [2.75, 3.05) is 59.1 Å². The van der Waals surface area contributed by atoms with E-state index in [2.05, 4.69) is 57.4 Å². The second-order valence-electron chi connectivity index (χ2n) is 11.0. The number of hydrogen-bond acceptors (Lipinski definition) is 6. The third-order valence-corrected chi connectivity index (χ3v) is 9.38. The van der Waals surface area contributed by atoms with E-state index in [9.17, 15) is 13.2 Å². The van der Waals surface area contributed by atoms with Crippen LogP contribution in [-0.2, 0) is 14.6 Å². The van der Waals surface area contributed by atoms with Gasteiger partial charge < -0.3 is 15.1 Å². The lowest BCUT2D eigenvalue weighted by Gasteiger charge is -2.40. The van der Waals surface area contributed by atoms with E-state index in [1.165, 1.54) is 11.8 Å². The minimum absolute atomic E-state index is 0.0391. The molecule has 208 valence electrons. The molecule has 2 fully saturated rings. The van der Waals surface area contributed by atoms with E-state index in [-0.39, 0.29) is 22.8 Å². The van der Waals surface area contributed by atoms with E-state index < -0.39 is 9.84 Å². The number of likely N-dealkylation sites (N-methyl/N-ethyl adjacent to an activating group) is 1. The van der Waals surface area contributed by atoms with Gasteiger partial charge in [0.2, 0.25) is 5.91 Å². The van der Waals surface area contributed by atoms with Gasteiger partial charge in [0.1, 0.15) is 0 Å². The monoisotopic (exact) mass is 540 g/mol. The Balaban J connectivity index is 1.28. The number of hydrogen-bond donors (Lipinski definition) is 1. The second kappa shape index (κ2) is 13.2. The Bertz CT molecular complexity index is 1120. The molecule has 0 saturated carbocycles. The number of likely N-dealkylation sites (tertiary alicyclic amines) is 1. The number of carbonyl (C=O) groups excluding carboxylic acids is 1. The van der Waals surface area contributed by atoms with E-state index in [4.69, 9.17) is 0 Å². The van der Waals surface area contributed by atoms with E-state index >= 15 is 0 Å². The van der Waals surface area contributed by atoms with Gasteiger partial charge in [0.15, 0.2) is 9.84 Å². The molecule has 2 aromatic carbocycles. The molecule has 0 aromatic heterocycles. The van der Waals surface area contributed by atoms with Crippen molar-refractivity contribution in [3.8, 4) is 0 Å². The maximum atomic E-state index is 13.1. The maximum Gasteiger partial charge on any atom is 0.227 e. The molecule has 2 aliphatic heterocycles. The molecule has 2 atom stereocenters. The summed E-state index contributed by atoms with van der Waals surface area (Å²) in [5.41, 5.74) is 2.28. The summed E-state index contributed by atoms with van der Waals surface area (Å²) in [5.74, 6) is -0.228. The van der Waals surface area contributed by atoms with Gasteiger partial charge in [0.25, 0.3) is 0 Å². The average Bonchev–Trinajstić information content (AvgIpc) is 2.91. The van der Waals surface area contributed by atoms with E-state index in [1.807, 2.05) is 6.92 Å². The third-order valence-electron chi connectivity index (χ3n) is 8.25. The molecule has 1 amide bonds. The number of amides is 1. The van der Waals surface area contributed by atoms with Gasteiger partial charge in [0.05, 0.1) is 10.8 Å². The standard InChI is InChI=1S/C30H44N4O3S/c1-4-28(24-10-12-27(13-11-24)38(3,36)37)30(35)31-26-14-17-33(18-15-26)19-16-29(25-8-6-5-7-9-25)34-22-20-32(2)21-23-34/h5-13,26,28-29H,4,14-23H2,1-3H3,(H,31,35). The summed E-state index contributed by atoms with van der Waals surface area (Å²) in [7, 11) is -1.04. The summed E-state index contributed by atoms with van der Waals surface area (Å²) in [6, 6.07) is 18.3. The molecular formula is C30H44N4O3S. The molecule has 38 heavy (non-hydrogen) atoms. The fourth-order valence-electron chi connectivity index (χ4n) is 5.80. The van der Waals surface area contributed by atoms with Gasteiger partial charge in [-0.25, -0.2) is 8.42 Å². The van der Waals surface area contributed by atoms with Crippen LogP contribution >= 0.6 is 0 Å². The first-order valence-corrected chi connectivity index (χ1v) is 15.9. The van der Waals surface area contributed by atoms with Gasteiger partial charge in [-0.15, -0.1) is 0 Å². The topological polar surface area (TPSA) is 73.0 Å². The van der Waals surface area contributed by atoms with Gasteiger partial charge in [0, 0.05) is 57.6 Å². The Kier molecular flexibility index (Phi) is 9.98. The molecule has 0 bridgehead atoms. The maximum absolute atomic E-state index is 13.1. The Labute approximate surface area is 229 Å². The molecule has 2 aromatic rings. The molecule has 1 N–H and O–H groups in total. The Hall–Kier alpha value is -2.26. The van der Waals surface area contributed by atoms with Crippen LogP contribution in [0.3, 0.4) is 0 Å². The van der Waals surface area contributed by atoms with Gasteiger partial charge in [-0.05, 0) is 62.5 Å². The molecule has 7 nitrogen and oxygen atoms in total. The SMILES string of the molecule is CCC(C(=O)NC1CCN(CCC(c2ccccc2)N2CCN(C)CC2)CC1)c1ccc(S(C)(=O)=O)cc1. The fraction of sp³-hybridized carbons (Fsp3) is 0.567. The smallest absolute Gasteiger partial charge is 0.227 e. The number of nitrogens with one attached hydrogen (secondary N) is 1. The number of piperidine rings is 1. The lowest BCUT2D eigenvalue weighted by atomic mass is 9.94. The van der Waals surface area contributed by atoms with Crippen molar-refractivity contribution in [1.29, 1.82) is 0 Å². The van der Waals surface area contributed by atoms with Gasteiger partial charge in [-0.1, -0.05) is 49.4 Å². The van der Waals surface area contributed by atoms with Crippen molar-refractivity contribution >= 4 is 15.7 Å². The summed E-state index contributed by atoms with van der Waals surface area (Å²) >= 11 is 0. The highest BCUT2D eigenvalue weighted by atomic mass is 32.2. The van der Waals surface area contributed by atoms with Crippen molar-refractivity contribution in [2.45, 2.75) is 55.5 Å². The lowest BCUT2D eigenvalue weighted by Crippen LogP contribution is -2.48.